The Hall–Kier alpha value is -3.55. The van der Waals surface area contributed by atoms with Gasteiger partial charge in [0.1, 0.15) is 17.8 Å². The van der Waals surface area contributed by atoms with Crippen LogP contribution in [0, 0.1) is 5.82 Å². The average Bonchev–Trinajstić information content (AvgIpc) is 2.74. The zero-order chi connectivity index (χ0) is 21.7. The van der Waals surface area contributed by atoms with Gasteiger partial charge in [0.25, 0.3) is 5.91 Å². The third-order valence-corrected chi connectivity index (χ3v) is 4.77. The number of benzene rings is 1. The molecule has 3 rings (SSSR count). The van der Waals surface area contributed by atoms with Crippen molar-refractivity contribution in [1.29, 1.82) is 0 Å². The van der Waals surface area contributed by atoms with Crippen LogP contribution in [0.25, 0.3) is 11.3 Å². The van der Waals surface area contributed by atoms with E-state index in [1.54, 1.807) is 43.3 Å². The summed E-state index contributed by atoms with van der Waals surface area (Å²) in [5.74, 6) is -0.934. The van der Waals surface area contributed by atoms with E-state index < -0.39 is 0 Å². The van der Waals surface area contributed by atoms with Gasteiger partial charge >= 0.3 is 0 Å². The van der Waals surface area contributed by atoms with E-state index >= 15 is 0 Å². The van der Waals surface area contributed by atoms with Gasteiger partial charge in [-0.3, -0.25) is 19.4 Å². The monoisotopic (exact) mass is 410 g/mol. The minimum absolute atomic E-state index is 0.0496. The number of halogens is 1. The molecule has 0 fully saturated rings. The Labute approximate surface area is 174 Å². The summed E-state index contributed by atoms with van der Waals surface area (Å²) in [5, 5.41) is 2.76. The van der Waals surface area contributed by atoms with Gasteiger partial charge in [0.05, 0.1) is 24.1 Å². The molecule has 0 aliphatic carbocycles. The van der Waals surface area contributed by atoms with Crippen LogP contribution < -0.4 is 5.32 Å². The predicted octanol–water partition coefficient (Wildman–Crippen LogP) is 2.46. The van der Waals surface area contributed by atoms with Crippen molar-refractivity contribution in [1.82, 2.24) is 14.8 Å². The molecule has 0 saturated carbocycles. The highest BCUT2D eigenvalue weighted by Crippen LogP contribution is 2.23. The molecule has 0 spiro atoms. The Morgan fingerprint density at radius 2 is 1.93 bits per heavy atom. The maximum atomic E-state index is 13.1. The molecule has 1 aliphatic heterocycles. The number of carbonyl (C=O) groups excluding carboxylic acids is 3. The van der Waals surface area contributed by atoms with Crippen molar-refractivity contribution in [3.05, 3.63) is 59.7 Å². The van der Waals surface area contributed by atoms with Crippen molar-refractivity contribution >= 4 is 23.8 Å². The van der Waals surface area contributed by atoms with Crippen LogP contribution in [0.5, 0.6) is 0 Å². The minimum atomic E-state index is -0.320. The second kappa shape index (κ2) is 9.30. The summed E-state index contributed by atoms with van der Waals surface area (Å²) in [6, 6.07) is 9.42. The van der Waals surface area contributed by atoms with Crippen molar-refractivity contribution in [2.45, 2.75) is 12.8 Å². The molecule has 1 aromatic carbocycles. The van der Waals surface area contributed by atoms with Gasteiger partial charge in [0, 0.05) is 31.8 Å². The number of anilines is 1. The van der Waals surface area contributed by atoms with Gasteiger partial charge in [-0.2, -0.15) is 0 Å². The molecule has 0 bridgehead atoms. The lowest BCUT2D eigenvalue weighted by atomic mass is 10.0. The lowest BCUT2D eigenvalue weighted by Crippen LogP contribution is -2.42. The lowest BCUT2D eigenvalue weighted by Gasteiger charge is -2.32. The van der Waals surface area contributed by atoms with Gasteiger partial charge in [-0.25, -0.2) is 4.39 Å². The molecule has 1 N–H and O–H groups in total. The number of hydrogen-bond acceptors (Lipinski definition) is 5. The van der Waals surface area contributed by atoms with E-state index in [9.17, 15) is 18.8 Å². The van der Waals surface area contributed by atoms with Gasteiger partial charge < -0.3 is 15.1 Å². The van der Waals surface area contributed by atoms with E-state index in [1.807, 2.05) is 0 Å². The topological polar surface area (TPSA) is 82.6 Å². The highest BCUT2D eigenvalue weighted by molar-refractivity contribution is 6.00. The summed E-state index contributed by atoms with van der Waals surface area (Å²) < 4.78 is 13.1. The molecule has 7 nitrogen and oxygen atoms in total. The molecule has 2 heterocycles. The summed E-state index contributed by atoms with van der Waals surface area (Å²) >= 11 is 0. The van der Waals surface area contributed by atoms with Crippen molar-refractivity contribution < 1.29 is 18.8 Å². The number of allylic oxidation sites excluding steroid dienone is 1. The average molecular weight is 410 g/mol. The Bertz CT molecular complexity index is 969. The third-order valence-electron chi connectivity index (χ3n) is 4.77. The van der Waals surface area contributed by atoms with Crippen LogP contribution in [-0.2, 0) is 14.4 Å². The quantitative estimate of drug-likeness (QED) is 0.740. The van der Waals surface area contributed by atoms with Crippen LogP contribution in [0.1, 0.15) is 12.8 Å². The maximum absolute atomic E-state index is 13.1. The fourth-order valence-electron chi connectivity index (χ4n) is 3.28. The van der Waals surface area contributed by atoms with Crippen molar-refractivity contribution in [2.75, 3.05) is 32.5 Å². The molecule has 8 heteroatoms. The first-order valence-corrected chi connectivity index (χ1v) is 9.56. The molecule has 2 aromatic rings. The first-order chi connectivity index (χ1) is 14.4. The summed E-state index contributed by atoms with van der Waals surface area (Å²) in [6.45, 7) is 0.466. The summed E-state index contributed by atoms with van der Waals surface area (Å²) in [5.41, 5.74) is 2.62. The number of rotatable bonds is 6. The Balaban J connectivity index is 1.69. The van der Waals surface area contributed by atoms with E-state index in [0.717, 1.165) is 5.56 Å². The smallest absolute Gasteiger partial charge is 0.270 e. The van der Waals surface area contributed by atoms with Gasteiger partial charge in [-0.05, 0) is 49.2 Å². The fraction of sp³-hybridized carbons (Fsp3) is 0.273. The summed E-state index contributed by atoms with van der Waals surface area (Å²) in [6.07, 6.45) is 3.43. The number of likely N-dealkylation sites (N-methyl/N-ethyl adjacent to an activating group) is 1. The number of amides is 2. The highest BCUT2D eigenvalue weighted by atomic mass is 19.1. The Kier molecular flexibility index (Phi) is 6.56. The number of aldehydes is 1. The van der Waals surface area contributed by atoms with E-state index in [-0.39, 0.29) is 29.9 Å². The minimum Gasteiger partial charge on any atom is -0.357 e. The van der Waals surface area contributed by atoms with Gasteiger partial charge in [-0.1, -0.05) is 0 Å². The Morgan fingerprint density at radius 3 is 2.53 bits per heavy atom. The first-order valence-electron chi connectivity index (χ1n) is 9.56. The molecule has 156 valence electrons. The van der Waals surface area contributed by atoms with E-state index in [4.69, 9.17) is 0 Å². The van der Waals surface area contributed by atoms with E-state index in [2.05, 4.69) is 10.3 Å². The SMILES string of the molecule is CN(C)C(=O)C1=C(C=O)CCCN1CC(=O)Nc1ccc(-c2ccc(F)cc2)nc1. The zero-order valence-electron chi connectivity index (χ0n) is 16.9. The second-order valence-electron chi connectivity index (χ2n) is 7.20. The van der Waals surface area contributed by atoms with Gasteiger partial charge in [0.2, 0.25) is 5.91 Å². The molecule has 2 amide bonds. The van der Waals surface area contributed by atoms with Crippen LogP contribution in [0.2, 0.25) is 0 Å². The van der Waals surface area contributed by atoms with Crippen LogP contribution in [0.3, 0.4) is 0 Å². The fourth-order valence-corrected chi connectivity index (χ4v) is 3.28. The largest absolute Gasteiger partial charge is 0.357 e. The maximum Gasteiger partial charge on any atom is 0.270 e. The number of nitrogens with zero attached hydrogens (tertiary/aromatic N) is 3. The third kappa shape index (κ3) is 4.89. The van der Waals surface area contributed by atoms with Crippen molar-refractivity contribution in [2.24, 2.45) is 0 Å². The molecule has 1 aromatic heterocycles. The number of hydrogen-bond donors (Lipinski definition) is 1. The van der Waals surface area contributed by atoms with Crippen molar-refractivity contribution in [3.8, 4) is 11.3 Å². The van der Waals surface area contributed by atoms with Crippen molar-refractivity contribution in [3.63, 3.8) is 0 Å². The van der Waals surface area contributed by atoms with Crippen LogP contribution in [0.15, 0.2) is 53.9 Å². The molecule has 0 unspecified atom stereocenters. The molecular weight excluding hydrogens is 387 g/mol. The molecule has 30 heavy (non-hydrogen) atoms. The van der Waals surface area contributed by atoms with Gasteiger partial charge in [0.15, 0.2) is 0 Å². The predicted molar refractivity (Wildman–Crippen MR) is 111 cm³/mol. The number of nitrogens with one attached hydrogen (secondary N) is 1. The first kappa shape index (κ1) is 21.2. The highest BCUT2D eigenvalue weighted by Gasteiger charge is 2.28. The number of pyridine rings is 1. The van der Waals surface area contributed by atoms with E-state index in [0.29, 0.717) is 42.6 Å². The van der Waals surface area contributed by atoms with Gasteiger partial charge in [-0.15, -0.1) is 0 Å². The van der Waals surface area contributed by atoms with Crippen LogP contribution >= 0.6 is 0 Å². The standard InChI is InChI=1S/C22H23FN4O3/c1-26(2)22(30)21-16(14-28)4-3-11-27(21)13-20(29)25-18-9-10-19(24-12-18)15-5-7-17(23)8-6-15/h5-10,12,14H,3-4,11,13H2,1-2H3,(H,25,29). The Morgan fingerprint density at radius 1 is 1.20 bits per heavy atom. The summed E-state index contributed by atoms with van der Waals surface area (Å²) in [4.78, 5) is 43.8. The molecule has 0 radical (unpaired) electrons. The molecule has 0 atom stereocenters. The van der Waals surface area contributed by atoms with Crippen LogP contribution in [-0.4, -0.2) is 60.1 Å². The summed E-state index contributed by atoms with van der Waals surface area (Å²) in [7, 11) is 3.22. The lowest BCUT2D eigenvalue weighted by molar-refractivity contribution is -0.127. The normalized spacial score (nSPS) is 13.8. The zero-order valence-corrected chi connectivity index (χ0v) is 16.9. The second-order valence-corrected chi connectivity index (χ2v) is 7.20. The molecular formula is C22H23FN4O3. The van der Waals surface area contributed by atoms with Crippen LogP contribution in [0.4, 0.5) is 10.1 Å². The molecule has 1 aliphatic rings. The van der Waals surface area contributed by atoms with E-state index in [1.165, 1.54) is 23.2 Å². The molecule has 0 saturated heterocycles. The number of carbonyl (C=O) groups is 3. The number of aromatic nitrogens is 1.